The fourth-order valence-electron chi connectivity index (χ4n) is 2.15. The molecule has 1 atom stereocenters. The van der Waals surface area contributed by atoms with Crippen LogP contribution < -0.4 is 5.73 Å². The number of rotatable bonds is 9. The zero-order chi connectivity index (χ0) is 16.0. The highest BCUT2D eigenvalue weighted by atomic mass is 32.2. The molecule has 0 bridgehead atoms. The van der Waals surface area contributed by atoms with Gasteiger partial charge in [-0.05, 0) is 25.3 Å². The predicted molar refractivity (Wildman–Crippen MR) is 82.9 cm³/mol. The molecule has 7 heteroatoms. The van der Waals surface area contributed by atoms with Crippen molar-refractivity contribution in [3.63, 3.8) is 0 Å². The topological polar surface area (TPSA) is 95.0 Å². The molecule has 6 nitrogen and oxygen atoms in total. The Kier molecular flexibility index (Phi) is 6.54. The third kappa shape index (κ3) is 5.97. The van der Waals surface area contributed by atoms with Crippen molar-refractivity contribution in [2.45, 2.75) is 51.6 Å². The van der Waals surface area contributed by atoms with E-state index in [-0.39, 0.29) is 24.4 Å². The molecule has 1 heterocycles. The number of hydrogen-bond donors (Lipinski definition) is 1. The minimum atomic E-state index is -3.09. The fraction of sp³-hybridized carbons (Fsp3) is 0.714. The fourth-order valence-corrected chi connectivity index (χ4v) is 2.83. The number of sulfone groups is 1. The van der Waals surface area contributed by atoms with E-state index in [9.17, 15) is 13.2 Å². The lowest BCUT2D eigenvalue weighted by Gasteiger charge is -2.12. The largest absolute Gasteiger partial charge is 0.321 e. The van der Waals surface area contributed by atoms with Gasteiger partial charge >= 0.3 is 0 Å². The molecule has 0 aliphatic heterocycles. The summed E-state index contributed by atoms with van der Waals surface area (Å²) in [4.78, 5) is 12.0. The van der Waals surface area contributed by atoms with E-state index in [2.05, 4.69) is 18.9 Å². The average Bonchev–Trinajstić information content (AvgIpc) is 2.85. The summed E-state index contributed by atoms with van der Waals surface area (Å²) in [5.41, 5.74) is 6.42. The molecular formula is C14H25N3O3S. The predicted octanol–water partition coefficient (Wildman–Crippen LogP) is 1.12. The zero-order valence-corrected chi connectivity index (χ0v) is 13.8. The van der Waals surface area contributed by atoms with Gasteiger partial charge < -0.3 is 5.73 Å². The van der Waals surface area contributed by atoms with Crippen LogP contribution in [0.5, 0.6) is 0 Å². The maximum atomic E-state index is 12.0. The van der Waals surface area contributed by atoms with E-state index in [0.717, 1.165) is 19.1 Å². The SMILES string of the molecule is CCC(CC)n1ccc(CC(=O)C(N)CCS(C)(=O)=O)n1. The van der Waals surface area contributed by atoms with E-state index < -0.39 is 15.9 Å². The highest BCUT2D eigenvalue weighted by molar-refractivity contribution is 7.90. The first-order chi connectivity index (χ1) is 9.76. The van der Waals surface area contributed by atoms with Crippen LogP contribution in [0.2, 0.25) is 0 Å². The highest BCUT2D eigenvalue weighted by Crippen LogP contribution is 2.14. The molecule has 0 aliphatic carbocycles. The van der Waals surface area contributed by atoms with Crippen molar-refractivity contribution in [3.8, 4) is 0 Å². The Morgan fingerprint density at radius 3 is 2.52 bits per heavy atom. The van der Waals surface area contributed by atoms with E-state index >= 15 is 0 Å². The van der Waals surface area contributed by atoms with Crippen molar-refractivity contribution >= 4 is 15.6 Å². The van der Waals surface area contributed by atoms with E-state index in [4.69, 9.17) is 5.73 Å². The van der Waals surface area contributed by atoms with Gasteiger partial charge in [0.1, 0.15) is 9.84 Å². The minimum absolute atomic E-state index is 0.0674. The lowest BCUT2D eigenvalue weighted by Crippen LogP contribution is -2.33. The number of carbonyl (C=O) groups excluding carboxylic acids is 1. The normalized spacial score (nSPS) is 13.6. The van der Waals surface area contributed by atoms with Gasteiger partial charge in [-0.25, -0.2) is 8.42 Å². The van der Waals surface area contributed by atoms with Crippen molar-refractivity contribution in [1.82, 2.24) is 9.78 Å². The Labute approximate surface area is 126 Å². The molecule has 21 heavy (non-hydrogen) atoms. The first-order valence-electron chi connectivity index (χ1n) is 7.26. The standard InChI is InChI=1S/C14H25N3O3S/c1-4-12(5-2)17-8-6-11(16-17)10-14(18)13(15)7-9-21(3,19)20/h6,8,12-13H,4-5,7,9-10,15H2,1-3H3. The molecule has 0 aromatic carbocycles. The summed E-state index contributed by atoms with van der Waals surface area (Å²) in [6.07, 6.45) is 5.30. The van der Waals surface area contributed by atoms with Crippen LogP contribution in [0.4, 0.5) is 0 Å². The van der Waals surface area contributed by atoms with Gasteiger partial charge in [0.25, 0.3) is 0 Å². The molecule has 1 aromatic rings. The van der Waals surface area contributed by atoms with Crippen LogP contribution in [-0.4, -0.2) is 42.0 Å². The number of Topliss-reactive ketones (excluding diaryl/α,β-unsaturated/α-hetero) is 1. The third-order valence-electron chi connectivity index (χ3n) is 3.55. The van der Waals surface area contributed by atoms with Crippen LogP contribution in [0.1, 0.15) is 44.8 Å². The van der Waals surface area contributed by atoms with Crippen LogP contribution in [0.3, 0.4) is 0 Å². The summed E-state index contributed by atoms with van der Waals surface area (Å²) >= 11 is 0. The molecule has 1 aromatic heterocycles. The monoisotopic (exact) mass is 315 g/mol. The molecule has 0 spiro atoms. The molecule has 0 aliphatic rings. The second-order valence-electron chi connectivity index (χ2n) is 5.43. The van der Waals surface area contributed by atoms with Crippen molar-refractivity contribution in [1.29, 1.82) is 0 Å². The van der Waals surface area contributed by atoms with E-state index in [1.165, 1.54) is 0 Å². The molecule has 2 N–H and O–H groups in total. The number of hydrogen-bond acceptors (Lipinski definition) is 5. The van der Waals surface area contributed by atoms with E-state index in [0.29, 0.717) is 11.7 Å². The second kappa shape index (κ2) is 7.70. The summed E-state index contributed by atoms with van der Waals surface area (Å²) in [7, 11) is -3.09. The molecule has 0 fully saturated rings. The zero-order valence-electron chi connectivity index (χ0n) is 12.9. The molecule has 120 valence electrons. The Morgan fingerprint density at radius 1 is 1.38 bits per heavy atom. The van der Waals surface area contributed by atoms with E-state index in [1.54, 1.807) is 0 Å². The van der Waals surface area contributed by atoms with Crippen molar-refractivity contribution in [2.75, 3.05) is 12.0 Å². The van der Waals surface area contributed by atoms with Crippen LogP contribution in [0.15, 0.2) is 12.3 Å². The molecule has 0 saturated carbocycles. The molecule has 0 radical (unpaired) electrons. The smallest absolute Gasteiger partial charge is 0.155 e. The number of nitrogens with zero attached hydrogens (tertiary/aromatic N) is 2. The first-order valence-corrected chi connectivity index (χ1v) is 9.32. The van der Waals surface area contributed by atoms with Gasteiger partial charge in [-0.2, -0.15) is 5.10 Å². The Morgan fingerprint density at radius 2 is 2.00 bits per heavy atom. The van der Waals surface area contributed by atoms with Crippen LogP contribution in [0.25, 0.3) is 0 Å². The van der Waals surface area contributed by atoms with Gasteiger partial charge in [-0.15, -0.1) is 0 Å². The van der Waals surface area contributed by atoms with Gasteiger partial charge in [0.05, 0.1) is 30.0 Å². The van der Waals surface area contributed by atoms with Gasteiger partial charge in [0.15, 0.2) is 5.78 Å². The van der Waals surface area contributed by atoms with Gasteiger partial charge in [-0.3, -0.25) is 9.48 Å². The third-order valence-corrected chi connectivity index (χ3v) is 4.53. The average molecular weight is 315 g/mol. The summed E-state index contributed by atoms with van der Waals surface area (Å²) in [6.45, 7) is 4.20. The maximum Gasteiger partial charge on any atom is 0.155 e. The lowest BCUT2D eigenvalue weighted by molar-refractivity contribution is -0.119. The van der Waals surface area contributed by atoms with Gasteiger partial charge in [0, 0.05) is 12.5 Å². The Balaban J connectivity index is 2.58. The summed E-state index contributed by atoms with van der Waals surface area (Å²) in [6, 6.07) is 1.41. The number of aromatic nitrogens is 2. The Hall–Kier alpha value is -1.21. The number of ketones is 1. The summed E-state index contributed by atoms with van der Waals surface area (Å²) in [5, 5.41) is 4.41. The molecular weight excluding hydrogens is 290 g/mol. The minimum Gasteiger partial charge on any atom is -0.321 e. The van der Waals surface area contributed by atoms with Crippen LogP contribution >= 0.6 is 0 Å². The van der Waals surface area contributed by atoms with Crippen LogP contribution in [-0.2, 0) is 21.1 Å². The van der Waals surface area contributed by atoms with Crippen molar-refractivity contribution in [3.05, 3.63) is 18.0 Å². The summed E-state index contributed by atoms with van der Waals surface area (Å²) in [5.74, 6) is -0.240. The lowest BCUT2D eigenvalue weighted by atomic mass is 10.1. The molecule has 1 unspecified atom stereocenters. The second-order valence-corrected chi connectivity index (χ2v) is 7.69. The van der Waals surface area contributed by atoms with E-state index in [1.807, 2.05) is 16.9 Å². The number of nitrogens with two attached hydrogens (primary N) is 1. The Bertz CT molecular complexity index is 562. The number of carbonyl (C=O) groups is 1. The quantitative estimate of drug-likeness (QED) is 0.736. The molecule has 1 rings (SSSR count). The highest BCUT2D eigenvalue weighted by Gasteiger charge is 2.18. The maximum absolute atomic E-state index is 12.0. The van der Waals surface area contributed by atoms with Gasteiger partial charge in [0.2, 0.25) is 0 Å². The molecule has 0 amide bonds. The summed E-state index contributed by atoms with van der Waals surface area (Å²) < 4.78 is 24.0. The first kappa shape index (κ1) is 17.8. The molecule has 0 saturated heterocycles. The van der Waals surface area contributed by atoms with Crippen molar-refractivity contribution < 1.29 is 13.2 Å². The van der Waals surface area contributed by atoms with Gasteiger partial charge in [-0.1, -0.05) is 13.8 Å². The van der Waals surface area contributed by atoms with Crippen LogP contribution in [0, 0.1) is 0 Å². The van der Waals surface area contributed by atoms with Crippen molar-refractivity contribution in [2.24, 2.45) is 5.73 Å².